The van der Waals surface area contributed by atoms with Crippen LogP contribution in [0.3, 0.4) is 0 Å². The maximum atomic E-state index is 13.4. The van der Waals surface area contributed by atoms with Gasteiger partial charge in [-0.3, -0.25) is 14.6 Å². The van der Waals surface area contributed by atoms with Crippen molar-refractivity contribution in [1.82, 2.24) is 14.8 Å². The summed E-state index contributed by atoms with van der Waals surface area (Å²) in [6.07, 6.45) is 4.40. The first-order valence-electron chi connectivity index (χ1n) is 8.90. The summed E-state index contributed by atoms with van der Waals surface area (Å²) in [6, 6.07) is 3.39. The topological polar surface area (TPSA) is 62.7 Å². The molecule has 134 valence electrons. The summed E-state index contributed by atoms with van der Waals surface area (Å²) in [7, 11) is 0. The van der Waals surface area contributed by atoms with Crippen molar-refractivity contribution < 1.29 is 18.7 Å². The van der Waals surface area contributed by atoms with Gasteiger partial charge in [-0.1, -0.05) is 6.07 Å². The van der Waals surface area contributed by atoms with Gasteiger partial charge in [0.25, 0.3) is 5.91 Å². The van der Waals surface area contributed by atoms with Gasteiger partial charge in [0.1, 0.15) is 12.8 Å². The van der Waals surface area contributed by atoms with Gasteiger partial charge in [0.05, 0.1) is 6.04 Å². The number of carbonyl (C=O) groups excluding carboxylic acids is 2. The number of piperidine rings is 1. The molecule has 3 aliphatic rings. The molecule has 1 aromatic heterocycles. The van der Waals surface area contributed by atoms with Crippen molar-refractivity contribution in [2.75, 3.05) is 19.7 Å². The molecule has 6 nitrogen and oxygen atoms in total. The number of aromatic nitrogens is 1. The van der Waals surface area contributed by atoms with E-state index < -0.39 is 18.3 Å². The van der Waals surface area contributed by atoms with Crippen molar-refractivity contribution in [3.05, 3.63) is 30.1 Å². The van der Waals surface area contributed by atoms with Crippen molar-refractivity contribution in [3.63, 3.8) is 0 Å². The standard InChI is InChI=1S/C18H22FN3O3/c19-13-5-8-21(9-6-13)18(24)17-16(12-2-1-7-20-10-12)22(14-3-4-14)15(23)11-25-17/h1-2,7,10,13-14,16-17H,3-6,8-9,11H2/t16-,17+/m1/s1. The fourth-order valence-electron chi connectivity index (χ4n) is 3.75. The van der Waals surface area contributed by atoms with E-state index >= 15 is 0 Å². The first-order valence-corrected chi connectivity index (χ1v) is 8.90. The molecule has 0 bridgehead atoms. The van der Waals surface area contributed by atoms with E-state index in [0.29, 0.717) is 25.9 Å². The molecular weight excluding hydrogens is 325 g/mol. The minimum atomic E-state index is -0.838. The molecule has 4 rings (SSSR count). The number of hydrogen-bond donors (Lipinski definition) is 0. The third-order valence-corrected chi connectivity index (χ3v) is 5.21. The molecule has 0 aromatic carbocycles. The number of ether oxygens (including phenoxy) is 1. The van der Waals surface area contributed by atoms with E-state index in [4.69, 9.17) is 4.74 Å². The molecule has 0 unspecified atom stereocenters. The number of hydrogen-bond acceptors (Lipinski definition) is 4. The predicted octanol–water partition coefficient (Wildman–Crippen LogP) is 1.47. The molecule has 7 heteroatoms. The van der Waals surface area contributed by atoms with E-state index in [1.807, 2.05) is 11.0 Å². The minimum Gasteiger partial charge on any atom is -0.356 e. The van der Waals surface area contributed by atoms with Gasteiger partial charge in [-0.2, -0.15) is 0 Å². The van der Waals surface area contributed by atoms with E-state index in [1.165, 1.54) is 0 Å². The van der Waals surface area contributed by atoms with E-state index in [0.717, 1.165) is 18.4 Å². The highest BCUT2D eigenvalue weighted by Gasteiger charge is 2.48. The number of morpholine rings is 1. The second-order valence-electron chi connectivity index (χ2n) is 6.99. The van der Waals surface area contributed by atoms with Crippen LogP contribution in [0.2, 0.25) is 0 Å². The van der Waals surface area contributed by atoms with Crippen LogP contribution < -0.4 is 0 Å². The number of amides is 2. The molecule has 2 atom stereocenters. The Bertz CT molecular complexity index is 644. The number of carbonyl (C=O) groups is 2. The third-order valence-electron chi connectivity index (χ3n) is 5.21. The molecule has 1 aromatic rings. The molecule has 2 amide bonds. The Morgan fingerprint density at radius 3 is 2.64 bits per heavy atom. The Morgan fingerprint density at radius 2 is 2.00 bits per heavy atom. The van der Waals surface area contributed by atoms with Crippen molar-refractivity contribution in [2.45, 2.75) is 50.0 Å². The smallest absolute Gasteiger partial charge is 0.254 e. The number of alkyl halides is 1. The third kappa shape index (κ3) is 3.25. The molecule has 0 spiro atoms. The van der Waals surface area contributed by atoms with Crippen LogP contribution in [0.25, 0.3) is 0 Å². The maximum Gasteiger partial charge on any atom is 0.254 e. The molecule has 0 N–H and O–H groups in total. The first kappa shape index (κ1) is 16.4. The second kappa shape index (κ2) is 6.71. The van der Waals surface area contributed by atoms with Crippen molar-refractivity contribution in [2.24, 2.45) is 0 Å². The van der Waals surface area contributed by atoms with Gasteiger partial charge < -0.3 is 14.5 Å². The van der Waals surface area contributed by atoms with Crippen LogP contribution in [0.4, 0.5) is 4.39 Å². The maximum absolute atomic E-state index is 13.4. The molecule has 2 aliphatic heterocycles. The van der Waals surface area contributed by atoms with Gasteiger partial charge in [0.15, 0.2) is 6.10 Å². The first-order chi connectivity index (χ1) is 12.1. The lowest BCUT2D eigenvalue weighted by Gasteiger charge is -2.42. The molecule has 3 heterocycles. The lowest BCUT2D eigenvalue weighted by molar-refractivity contribution is -0.171. The number of pyridine rings is 1. The van der Waals surface area contributed by atoms with Crippen LogP contribution in [0.1, 0.15) is 37.3 Å². The zero-order valence-electron chi connectivity index (χ0n) is 14.0. The van der Waals surface area contributed by atoms with E-state index in [2.05, 4.69) is 4.98 Å². The van der Waals surface area contributed by atoms with Crippen LogP contribution in [-0.4, -0.2) is 64.6 Å². The Labute approximate surface area is 145 Å². The van der Waals surface area contributed by atoms with Gasteiger partial charge in [0.2, 0.25) is 5.91 Å². The predicted molar refractivity (Wildman–Crippen MR) is 87.3 cm³/mol. The van der Waals surface area contributed by atoms with Crippen molar-refractivity contribution >= 4 is 11.8 Å². The van der Waals surface area contributed by atoms with Crippen molar-refractivity contribution in [3.8, 4) is 0 Å². The van der Waals surface area contributed by atoms with Crippen molar-refractivity contribution in [1.29, 1.82) is 0 Å². The van der Waals surface area contributed by atoms with Gasteiger partial charge in [-0.15, -0.1) is 0 Å². The fraction of sp³-hybridized carbons (Fsp3) is 0.611. The summed E-state index contributed by atoms with van der Waals surface area (Å²) >= 11 is 0. The normalized spacial score (nSPS) is 28.3. The average Bonchev–Trinajstić information content (AvgIpc) is 3.47. The van der Waals surface area contributed by atoms with E-state index in [9.17, 15) is 14.0 Å². The highest BCUT2D eigenvalue weighted by Crippen LogP contribution is 2.39. The second-order valence-corrected chi connectivity index (χ2v) is 6.99. The summed E-state index contributed by atoms with van der Waals surface area (Å²) < 4.78 is 19.1. The SMILES string of the molecule is O=C([C@H]1OCC(=O)N(C2CC2)[C@@H]1c1cccnc1)N1CCC(F)CC1. The highest BCUT2D eigenvalue weighted by molar-refractivity contribution is 5.87. The minimum absolute atomic E-state index is 0.0801. The number of nitrogens with zero attached hydrogens (tertiary/aromatic N) is 3. The lowest BCUT2D eigenvalue weighted by atomic mass is 9.97. The van der Waals surface area contributed by atoms with Crippen LogP contribution in [0.5, 0.6) is 0 Å². The summed E-state index contributed by atoms with van der Waals surface area (Å²) in [6.45, 7) is 0.719. The van der Waals surface area contributed by atoms with Gasteiger partial charge in [-0.25, -0.2) is 4.39 Å². The zero-order valence-corrected chi connectivity index (χ0v) is 14.0. The molecule has 0 radical (unpaired) electrons. The summed E-state index contributed by atoms with van der Waals surface area (Å²) in [4.78, 5) is 33.1. The highest BCUT2D eigenvalue weighted by atomic mass is 19.1. The Hall–Kier alpha value is -2.02. The van der Waals surface area contributed by atoms with E-state index in [-0.39, 0.29) is 24.5 Å². The Balaban J connectivity index is 1.62. The van der Waals surface area contributed by atoms with Crippen LogP contribution in [0.15, 0.2) is 24.5 Å². The van der Waals surface area contributed by atoms with Crippen LogP contribution in [0, 0.1) is 0 Å². The molecule has 25 heavy (non-hydrogen) atoms. The van der Waals surface area contributed by atoms with Crippen LogP contribution in [-0.2, 0) is 14.3 Å². The molecule has 1 saturated carbocycles. The fourth-order valence-corrected chi connectivity index (χ4v) is 3.75. The number of likely N-dealkylation sites (tertiary alicyclic amines) is 1. The molecular formula is C18H22FN3O3. The Morgan fingerprint density at radius 1 is 1.24 bits per heavy atom. The quantitative estimate of drug-likeness (QED) is 0.831. The number of halogens is 1. The van der Waals surface area contributed by atoms with Gasteiger partial charge in [0, 0.05) is 31.5 Å². The monoisotopic (exact) mass is 347 g/mol. The molecule has 1 aliphatic carbocycles. The molecule has 2 saturated heterocycles. The molecule has 3 fully saturated rings. The van der Waals surface area contributed by atoms with Gasteiger partial charge in [-0.05, 0) is 37.3 Å². The van der Waals surface area contributed by atoms with Crippen LogP contribution >= 0.6 is 0 Å². The van der Waals surface area contributed by atoms with Gasteiger partial charge >= 0.3 is 0 Å². The van der Waals surface area contributed by atoms with E-state index in [1.54, 1.807) is 23.4 Å². The lowest BCUT2D eigenvalue weighted by Crippen LogP contribution is -2.56. The number of rotatable bonds is 3. The summed E-state index contributed by atoms with van der Waals surface area (Å²) in [5, 5.41) is 0. The zero-order chi connectivity index (χ0) is 17.4. The largest absolute Gasteiger partial charge is 0.356 e. The summed E-state index contributed by atoms with van der Waals surface area (Å²) in [5.74, 6) is -0.234. The average molecular weight is 347 g/mol. The Kier molecular flexibility index (Phi) is 4.41. The summed E-state index contributed by atoms with van der Waals surface area (Å²) in [5.41, 5.74) is 0.807.